The third kappa shape index (κ3) is 5.45. The normalized spacial score (nSPS) is 12.9. The molecule has 0 saturated carbocycles. The first-order chi connectivity index (χ1) is 14.3. The largest absolute Gasteiger partial charge is 0.481 e. The van der Waals surface area contributed by atoms with Gasteiger partial charge in [0.15, 0.2) is 6.39 Å². The molecule has 0 radical (unpaired) electrons. The maximum atomic E-state index is 14.1. The molecule has 3 rings (SSSR count). The van der Waals surface area contributed by atoms with E-state index in [4.69, 9.17) is 16.0 Å². The number of amides is 1. The average molecular weight is 431 g/mol. The summed E-state index contributed by atoms with van der Waals surface area (Å²) in [5, 5.41) is 12.5. The van der Waals surface area contributed by atoms with Crippen LogP contribution < -0.4 is 5.32 Å². The molecule has 30 heavy (non-hydrogen) atoms. The second-order valence-electron chi connectivity index (χ2n) is 7.04. The molecule has 2 atom stereocenters. The van der Waals surface area contributed by atoms with Gasteiger partial charge in [-0.15, -0.1) is 0 Å². The Labute approximate surface area is 177 Å². The molecule has 3 aromatic rings. The van der Waals surface area contributed by atoms with E-state index in [1.165, 1.54) is 18.3 Å². The molecular formula is C22H20ClFN2O4. The summed E-state index contributed by atoms with van der Waals surface area (Å²) in [5.74, 6) is -2.38. The highest BCUT2D eigenvalue weighted by molar-refractivity contribution is 6.30. The van der Waals surface area contributed by atoms with Crippen molar-refractivity contribution in [2.75, 3.05) is 0 Å². The first kappa shape index (κ1) is 21.5. The molecule has 0 aliphatic rings. The molecule has 0 bridgehead atoms. The zero-order valence-electron chi connectivity index (χ0n) is 16.1. The molecule has 2 aromatic carbocycles. The van der Waals surface area contributed by atoms with Gasteiger partial charge in [-0.3, -0.25) is 9.59 Å². The van der Waals surface area contributed by atoms with E-state index >= 15 is 0 Å². The zero-order valence-corrected chi connectivity index (χ0v) is 16.9. The molecule has 1 amide bonds. The summed E-state index contributed by atoms with van der Waals surface area (Å²) in [6.45, 7) is 1.58. The fourth-order valence-electron chi connectivity index (χ4n) is 3.13. The van der Waals surface area contributed by atoms with Crippen LogP contribution in [-0.2, 0) is 11.2 Å². The van der Waals surface area contributed by atoms with Gasteiger partial charge in [0.05, 0.1) is 12.1 Å². The van der Waals surface area contributed by atoms with Gasteiger partial charge >= 0.3 is 5.97 Å². The van der Waals surface area contributed by atoms with Crippen LogP contribution >= 0.6 is 11.6 Å². The molecule has 1 heterocycles. The number of carboxylic acid groups (broad SMARTS) is 1. The van der Waals surface area contributed by atoms with Crippen molar-refractivity contribution in [3.05, 3.63) is 77.2 Å². The monoisotopic (exact) mass is 430 g/mol. The quantitative estimate of drug-likeness (QED) is 0.545. The number of rotatable bonds is 8. The molecule has 0 saturated heterocycles. The van der Waals surface area contributed by atoms with Crippen LogP contribution in [0.4, 0.5) is 4.39 Å². The van der Waals surface area contributed by atoms with Gasteiger partial charge in [0.2, 0.25) is 5.76 Å². The van der Waals surface area contributed by atoms with Gasteiger partial charge in [0.25, 0.3) is 5.91 Å². The van der Waals surface area contributed by atoms with Crippen molar-refractivity contribution in [2.24, 2.45) is 5.92 Å². The number of benzene rings is 2. The van der Waals surface area contributed by atoms with Gasteiger partial charge in [-0.25, -0.2) is 9.37 Å². The molecule has 156 valence electrons. The van der Waals surface area contributed by atoms with Crippen molar-refractivity contribution >= 4 is 23.5 Å². The molecule has 6 nitrogen and oxygen atoms in total. The molecule has 0 aliphatic heterocycles. The second kappa shape index (κ2) is 9.54. The number of carbonyl (C=O) groups excluding carboxylic acids is 1. The van der Waals surface area contributed by atoms with Crippen molar-refractivity contribution in [3.63, 3.8) is 0 Å². The van der Waals surface area contributed by atoms with Crippen LogP contribution in [0.1, 0.15) is 29.5 Å². The van der Waals surface area contributed by atoms with Gasteiger partial charge < -0.3 is 14.8 Å². The number of carbonyl (C=O) groups is 2. The fourth-order valence-corrected chi connectivity index (χ4v) is 3.30. The van der Waals surface area contributed by atoms with Crippen LogP contribution in [0.15, 0.2) is 59.5 Å². The predicted octanol–water partition coefficient (Wildman–Crippen LogP) is 4.59. The van der Waals surface area contributed by atoms with E-state index in [0.29, 0.717) is 22.6 Å². The van der Waals surface area contributed by atoms with Gasteiger partial charge in [-0.05, 0) is 42.2 Å². The summed E-state index contributed by atoms with van der Waals surface area (Å²) in [6.07, 6.45) is 3.08. The third-order valence-electron chi connectivity index (χ3n) is 4.73. The fraction of sp³-hybridized carbons (Fsp3) is 0.227. The van der Waals surface area contributed by atoms with Crippen molar-refractivity contribution in [1.29, 1.82) is 0 Å². The van der Waals surface area contributed by atoms with Gasteiger partial charge in [0, 0.05) is 16.6 Å². The maximum absolute atomic E-state index is 14.1. The van der Waals surface area contributed by atoms with Crippen molar-refractivity contribution in [1.82, 2.24) is 10.3 Å². The van der Waals surface area contributed by atoms with E-state index in [9.17, 15) is 19.1 Å². The van der Waals surface area contributed by atoms with Crippen molar-refractivity contribution in [2.45, 2.75) is 25.8 Å². The van der Waals surface area contributed by atoms with Crippen LogP contribution in [0.25, 0.3) is 11.1 Å². The minimum absolute atomic E-state index is 0.0507. The molecule has 0 fully saturated rings. The Morgan fingerprint density at radius 3 is 2.60 bits per heavy atom. The van der Waals surface area contributed by atoms with Gasteiger partial charge in [-0.1, -0.05) is 42.8 Å². The maximum Gasteiger partial charge on any atom is 0.306 e. The highest BCUT2D eigenvalue weighted by Crippen LogP contribution is 2.26. The van der Waals surface area contributed by atoms with Crippen molar-refractivity contribution in [3.8, 4) is 11.1 Å². The lowest BCUT2D eigenvalue weighted by Crippen LogP contribution is -2.38. The molecule has 0 spiro atoms. The number of oxazole rings is 1. The summed E-state index contributed by atoms with van der Waals surface area (Å²) < 4.78 is 19.1. The topological polar surface area (TPSA) is 92.4 Å². The molecule has 2 unspecified atom stereocenters. The SMILES string of the molecule is CC(CC(Cc1ccc(-c2cc(Cl)ccc2F)cc1)NC(=O)c1cnco1)C(=O)O. The van der Waals surface area contributed by atoms with E-state index in [1.54, 1.807) is 25.1 Å². The van der Waals surface area contributed by atoms with Gasteiger partial charge in [0.1, 0.15) is 5.82 Å². The smallest absolute Gasteiger partial charge is 0.306 e. The predicted molar refractivity (Wildman–Crippen MR) is 110 cm³/mol. The minimum Gasteiger partial charge on any atom is -0.481 e. The Morgan fingerprint density at radius 2 is 1.97 bits per heavy atom. The third-order valence-corrected chi connectivity index (χ3v) is 4.96. The highest BCUT2D eigenvalue weighted by atomic mass is 35.5. The Morgan fingerprint density at radius 1 is 1.23 bits per heavy atom. The zero-order chi connectivity index (χ0) is 21.7. The summed E-state index contributed by atoms with van der Waals surface area (Å²) >= 11 is 5.96. The number of nitrogens with zero attached hydrogens (tertiary/aromatic N) is 1. The van der Waals surface area contributed by atoms with Crippen LogP contribution in [-0.4, -0.2) is 28.0 Å². The summed E-state index contributed by atoms with van der Waals surface area (Å²) in [5.41, 5.74) is 1.92. The number of hydrogen-bond donors (Lipinski definition) is 2. The van der Waals surface area contributed by atoms with E-state index in [-0.39, 0.29) is 18.0 Å². The standard InChI is InChI=1S/C22H20ClFN2O4/c1-13(22(28)29)8-17(26-21(27)20-11-25-12-30-20)9-14-2-4-15(5-3-14)18-10-16(23)6-7-19(18)24/h2-7,10-13,17H,8-9H2,1H3,(H,26,27)(H,28,29). The Hall–Kier alpha value is -3.19. The van der Waals surface area contributed by atoms with Crippen molar-refractivity contribution < 1.29 is 23.5 Å². The number of carboxylic acids is 1. The van der Waals surface area contributed by atoms with Crippen LogP contribution in [0.3, 0.4) is 0 Å². The average Bonchev–Trinajstić information content (AvgIpc) is 3.25. The molecule has 1 aromatic heterocycles. The lowest BCUT2D eigenvalue weighted by Gasteiger charge is -2.20. The Kier molecular flexibility index (Phi) is 6.84. The summed E-state index contributed by atoms with van der Waals surface area (Å²) in [6, 6.07) is 11.1. The number of hydrogen-bond acceptors (Lipinski definition) is 4. The van der Waals surface area contributed by atoms with Crippen LogP contribution in [0.5, 0.6) is 0 Å². The lowest BCUT2D eigenvalue weighted by atomic mass is 9.94. The number of aromatic nitrogens is 1. The second-order valence-corrected chi connectivity index (χ2v) is 7.47. The molecule has 2 N–H and O–H groups in total. The lowest BCUT2D eigenvalue weighted by molar-refractivity contribution is -0.141. The summed E-state index contributed by atoms with van der Waals surface area (Å²) in [4.78, 5) is 27.3. The van der Waals surface area contributed by atoms with Crippen LogP contribution in [0.2, 0.25) is 5.02 Å². The van der Waals surface area contributed by atoms with E-state index in [0.717, 1.165) is 12.0 Å². The number of halogens is 2. The van der Waals surface area contributed by atoms with Gasteiger partial charge in [-0.2, -0.15) is 0 Å². The summed E-state index contributed by atoms with van der Waals surface area (Å²) in [7, 11) is 0. The Bertz CT molecular complexity index is 1020. The first-order valence-electron chi connectivity index (χ1n) is 9.30. The number of aliphatic carboxylic acids is 1. The van der Waals surface area contributed by atoms with E-state index < -0.39 is 23.8 Å². The van der Waals surface area contributed by atoms with E-state index in [2.05, 4.69) is 10.3 Å². The highest BCUT2D eigenvalue weighted by Gasteiger charge is 2.22. The molecular weight excluding hydrogens is 411 g/mol. The Balaban J connectivity index is 1.76. The number of nitrogens with one attached hydrogen (secondary N) is 1. The van der Waals surface area contributed by atoms with E-state index in [1.807, 2.05) is 12.1 Å². The molecule has 0 aliphatic carbocycles. The molecule has 8 heteroatoms. The van der Waals surface area contributed by atoms with Crippen LogP contribution in [0, 0.1) is 11.7 Å². The minimum atomic E-state index is -0.944. The first-order valence-corrected chi connectivity index (χ1v) is 9.68.